The number of aryl methyl sites for hydroxylation is 1. The fourth-order valence-electron chi connectivity index (χ4n) is 4.07. The van der Waals surface area contributed by atoms with E-state index in [9.17, 15) is 22.8 Å². The maximum atomic E-state index is 12.6. The topological polar surface area (TPSA) is 53.1 Å². The van der Waals surface area contributed by atoms with Gasteiger partial charge in [-0.15, -0.1) is 0 Å². The highest BCUT2D eigenvalue weighted by molar-refractivity contribution is 6.04. The lowest BCUT2D eigenvalue weighted by molar-refractivity contribution is -0.153. The number of hydrogen-bond acceptors (Lipinski definition) is 5. The van der Waals surface area contributed by atoms with Gasteiger partial charge in [0.25, 0.3) is 0 Å². The van der Waals surface area contributed by atoms with Crippen molar-refractivity contribution in [2.45, 2.75) is 33.4 Å². The van der Waals surface area contributed by atoms with E-state index in [2.05, 4.69) is 4.90 Å². The van der Waals surface area contributed by atoms with E-state index in [1.54, 1.807) is 26.0 Å². The molecule has 0 spiro atoms. The molecule has 9 heteroatoms. The van der Waals surface area contributed by atoms with Crippen molar-refractivity contribution < 1.29 is 27.5 Å². The number of carbonyl (C=O) groups excluding carboxylic acids is 2. The smallest absolute Gasteiger partial charge is 0.422 e. The van der Waals surface area contributed by atoms with Gasteiger partial charge in [0, 0.05) is 44.6 Å². The molecule has 2 atom stereocenters. The first kappa shape index (κ1) is 23.4. The van der Waals surface area contributed by atoms with Gasteiger partial charge >= 0.3 is 6.18 Å². The molecule has 0 radical (unpaired) electrons. The van der Waals surface area contributed by atoms with Crippen LogP contribution in [0.2, 0.25) is 0 Å². The summed E-state index contributed by atoms with van der Waals surface area (Å²) in [6.07, 6.45) is -3.67. The van der Waals surface area contributed by atoms with Crippen molar-refractivity contribution in [2.24, 2.45) is 11.8 Å². The van der Waals surface area contributed by atoms with Gasteiger partial charge in [-0.3, -0.25) is 19.4 Å². The van der Waals surface area contributed by atoms with Gasteiger partial charge in [-0.1, -0.05) is 19.9 Å². The molecule has 1 aromatic rings. The number of anilines is 1. The average Bonchev–Trinajstić information content (AvgIpc) is 2.90. The van der Waals surface area contributed by atoms with Crippen molar-refractivity contribution in [2.75, 3.05) is 50.8 Å². The Morgan fingerprint density at radius 1 is 1.00 bits per heavy atom. The average molecular weight is 441 g/mol. The van der Waals surface area contributed by atoms with Crippen LogP contribution in [0.25, 0.3) is 0 Å². The summed E-state index contributed by atoms with van der Waals surface area (Å²) >= 11 is 0. The molecule has 0 aliphatic carbocycles. The molecule has 1 aromatic carbocycles. The zero-order chi connectivity index (χ0) is 22.8. The molecular weight excluding hydrogens is 411 g/mol. The van der Waals surface area contributed by atoms with Crippen LogP contribution in [0.5, 0.6) is 5.75 Å². The molecule has 0 saturated carbocycles. The van der Waals surface area contributed by atoms with Crippen LogP contribution in [0.15, 0.2) is 18.2 Å². The SMILES string of the molecule is Cc1ccc(OCC(F)(F)F)c(N2CCN(CCCN3C(=O)C(C)C(C)C3=O)CC2)c1. The normalized spacial score (nSPS) is 23.0. The summed E-state index contributed by atoms with van der Waals surface area (Å²) in [6.45, 7) is 8.21. The minimum Gasteiger partial charge on any atom is -0.482 e. The minimum absolute atomic E-state index is 0.0897. The van der Waals surface area contributed by atoms with Gasteiger partial charge in [-0.05, 0) is 37.6 Å². The number of hydrogen-bond donors (Lipinski definition) is 0. The van der Waals surface area contributed by atoms with E-state index in [0.29, 0.717) is 31.7 Å². The number of piperazine rings is 1. The van der Waals surface area contributed by atoms with Gasteiger partial charge in [0.1, 0.15) is 5.75 Å². The van der Waals surface area contributed by atoms with Crippen molar-refractivity contribution in [3.8, 4) is 5.75 Å². The van der Waals surface area contributed by atoms with Gasteiger partial charge in [-0.25, -0.2) is 0 Å². The van der Waals surface area contributed by atoms with Crippen LogP contribution < -0.4 is 9.64 Å². The molecule has 0 aromatic heterocycles. The Bertz CT molecular complexity index is 787. The van der Waals surface area contributed by atoms with E-state index in [0.717, 1.165) is 25.2 Å². The summed E-state index contributed by atoms with van der Waals surface area (Å²) in [6, 6.07) is 5.19. The Hall–Kier alpha value is -2.29. The summed E-state index contributed by atoms with van der Waals surface area (Å²) in [7, 11) is 0. The van der Waals surface area contributed by atoms with Crippen LogP contribution >= 0.6 is 0 Å². The van der Waals surface area contributed by atoms with Crippen LogP contribution in [0, 0.1) is 18.8 Å². The number of carbonyl (C=O) groups is 2. The summed E-state index contributed by atoms with van der Waals surface area (Å²) in [5.41, 5.74) is 1.64. The molecule has 172 valence electrons. The standard InChI is InChI=1S/C22H30F3N3O3/c1-15-5-6-19(31-14-22(23,24)25)18(13-15)27-11-9-26(10-12-27)7-4-8-28-20(29)16(2)17(3)21(28)30/h5-6,13,16-17H,4,7-12,14H2,1-3H3. The van der Waals surface area contributed by atoms with E-state index >= 15 is 0 Å². The van der Waals surface area contributed by atoms with Crippen molar-refractivity contribution in [3.63, 3.8) is 0 Å². The number of rotatable bonds is 7. The molecular formula is C22H30F3N3O3. The molecule has 2 fully saturated rings. The third-order valence-electron chi connectivity index (χ3n) is 6.14. The molecule has 0 bridgehead atoms. The zero-order valence-corrected chi connectivity index (χ0v) is 18.2. The second-order valence-corrected chi connectivity index (χ2v) is 8.46. The monoisotopic (exact) mass is 441 g/mol. The lowest BCUT2D eigenvalue weighted by Crippen LogP contribution is -2.47. The Kier molecular flexibility index (Phi) is 7.13. The molecule has 2 aliphatic rings. The Balaban J connectivity index is 1.50. The first-order chi connectivity index (χ1) is 14.6. The third kappa shape index (κ3) is 5.70. The van der Waals surface area contributed by atoms with E-state index in [1.165, 1.54) is 4.90 Å². The molecule has 2 unspecified atom stereocenters. The molecule has 31 heavy (non-hydrogen) atoms. The van der Waals surface area contributed by atoms with E-state index < -0.39 is 12.8 Å². The van der Waals surface area contributed by atoms with Gasteiger partial charge < -0.3 is 9.64 Å². The van der Waals surface area contributed by atoms with Crippen LogP contribution in [-0.2, 0) is 9.59 Å². The van der Waals surface area contributed by atoms with Crippen LogP contribution in [0.3, 0.4) is 0 Å². The number of nitrogens with zero attached hydrogens (tertiary/aromatic N) is 3. The summed E-state index contributed by atoms with van der Waals surface area (Å²) in [4.78, 5) is 30.0. The number of halogens is 3. The number of imide groups is 1. The van der Waals surface area contributed by atoms with E-state index in [4.69, 9.17) is 4.74 Å². The van der Waals surface area contributed by atoms with Crippen LogP contribution in [-0.4, -0.2) is 73.7 Å². The zero-order valence-electron chi connectivity index (χ0n) is 18.2. The van der Waals surface area contributed by atoms with Crippen LogP contribution in [0.4, 0.5) is 18.9 Å². The Morgan fingerprint density at radius 3 is 2.19 bits per heavy atom. The maximum Gasteiger partial charge on any atom is 0.422 e. The molecule has 2 heterocycles. The van der Waals surface area contributed by atoms with E-state index in [-0.39, 0.29) is 29.4 Å². The molecule has 0 N–H and O–H groups in total. The van der Waals surface area contributed by atoms with E-state index in [1.807, 2.05) is 17.9 Å². The Morgan fingerprint density at radius 2 is 1.61 bits per heavy atom. The van der Waals surface area contributed by atoms with Gasteiger partial charge in [0.05, 0.1) is 5.69 Å². The number of likely N-dealkylation sites (tertiary alicyclic amines) is 1. The number of benzene rings is 1. The maximum absolute atomic E-state index is 12.6. The molecule has 3 rings (SSSR count). The minimum atomic E-state index is -4.38. The van der Waals surface area contributed by atoms with Crippen molar-refractivity contribution in [1.82, 2.24) is 9.80 Å². The third-order valence-corrected chi connectivity index (χ3v) is 6.14. The summed E-state index contributed by atoms with van der Waals surface area (Å²) < 4.78 is 42.8. The highest BCUT2D eigenvalue weighted by Crippen LogP contribution is 2.32. The van der Waals surface area contributed by atoms with Gasteiger partial charge in [0.2, 0.25) is 11.8 Å². The fraction of sp³-hybridized carbons (Fsp3) is 0.636. The highest BCUT2D eigenvalue weighted by Gasteiger charge is 2.41. The van der Waals surface area contributed by atoms with Gasteiger partial charge in [0.15, 0.2) is 6.61 Å². The predicted octanol–water partition coefficient (Wildman–Crippen LogP) is 3.09. The lowest BCUT2D eigenvalue weighted by atomic mass is 10.00. The lowest BCUT2D eigenvalue weighted by Gasteiger charge is -2.37. The molecule has 2 aliphatic heterocycles. The molecule has 2 amide bonds. The van der Waals surface area contributed by atoms with Crippen molar-refractivity contribution >= 4 is 17.5 Å². The first-order valence-corrected chi connectivity index (χ1v) is 10.7. The van der Waals surface area contributed by atoms with Crippen molar-refractivity contribution in [1.29, 1.82) is 0 Å². The summed E-state index contributed by atoms with van der Waals surface area (Å²) in [5.74, 6) is -0.440. The first-order valence-electron chi connectivity index (χ1n) is 10.7. The number of ether oxygens (including phenoxy) is 1. The second-order valence-electron chi connectivity index (χ2n) is 8.46. The quantitative estimate of drug-likeness (QED) is 0.609. The summed E-state index contributed by atoms with van der Waals surface area (Å²) in [5, 5.41) is 0. The second kappa shape index (κ2) is 9.46. The highest BCUT2D eigenvalue weighted by atomic mass is 19.4. The van der Waals surface area contributed by atoms with Gasteiger partial charge in [-0.2, -0.15) is 13.2 Å². The Labute approximate surface area is 180 Å². The fourth-order valence-corrected chi connectivity index (χ4v) is 4.07. The number of alkyl halides is 3. The number of amides is 2. The largest absolute Gasteiger partial charge is 0.482 e. The van der Waals surface area contributed by atoms with Crippen molar-refractivity contribution in [3.05, 3.63) is 23.8 Å². The molecule has 2 saturated heterocycles. The molecule has 6 nitrogen and oxygen atoms in total. The predicted molar refractivity (Wildman–Crippen MR) is 111 cm³/mol. The van der Waals surface area contributed by atoms with Crippen LogP contribution in [0.1, 0.15) is 25.8 Å².